The smallest absolute Gasteiger partial charge is 0.179 e. The summed E-state index contributed by atoms with van der Waals surface area (Å²) in [6, 6.07) is 8.27. The van der Waals surface area contributed by atoms with Crippen molar-refractivity contribution >= 4 is 10.9 Å². The highest BCUT2D eigenvalue weighted by Gasteiger charge is 2.47. The number of aliphatic hydroxyl groups is 1. The van der Waals surface area contributed by atoms with Crippen LogP contribution >= 0.6 is 0 Å². The van der Waals surface area contributed by atoms with Gasteiger partial charge < -0.3 is 14.6 Å². The highest BCUT2D eigenvalue weighted by atomic mass is 16.3. The van der Waals surface area contributed by atoms with Crippen molar-refractivity contribution in [3.8, 4) is 6.19 Å². The quantitative estimate of drug-likeness (QED) is 0.724. The number of nitriles is 1. The van der Waals surface area contributed by atoms with Gasteiger partial charge in [0.1, 0.15) is 5.72 Å². The van der Waals surface area contributed by atoms with Crippen LogP contribution in [0, 0.1) is 17.4 Å². The van der Waals surface area contributed by atoms with Gasteiger partial charge in [-0.25, -0.2) is 0 Å². The van der Waals surface area contributed by atoms with E-state index in [4.69, 9.17) is 0 Å². The lowest BCUT2D eigenvalue weighted by atomic mass is 9.79. The van der Waals surface area contributed by atoms with Gasteiger partial charge in [-0.15, -0.1) is 5.10 Å². The molecular weight excluding hydrogens is 340 g/mol. The van der Waals surface area contributed by atoms with E-state index >= 15 is 0 Å². The number of para-hydroxylation sites is 1. The molecule has 7 nitrogen and oxygen atoms in total. The van der Waals surface area contributed by atoms with E-state index in [0.717, 1.165) is 37.1 Å². The van der Waals surface area contributed by atoms with Gasteiger partial charge in [0.2, 0.25) is 0 Å². The molecule has 7 heteroatoms. The molecule has 4 heterocycles. The first-order chi connectivity index (χ1) is 13.1. The molecule has 0 radical (unpaired) electrons. The Morgan fingerprint density at radius 2 is 2.22 bits per heavy atom. The Morgan fingerprint density at radius 3 is 3.00 bits per heavy atom. The lowest BCUT2D eigenvalue weighted by Gasteiger charge is -2.47. The third-order valence-corrected chi connectivity index (χ3v) is 6.15. The normalized spacial score (nSPS) is 26.8. The largest absolute Gasteiger partial charge is 0.371 e. The number of aryl methyl sites for hydroxylation is 1. The summed E-state index contributed by atoms with van der Waals surface area (Å²) in [5, 5.41) is 30.3. The predicted octanol–water partition coefficient (Wildman–Crippen LogP) is 2.39. The number of rotatable bonds is 3. The summed E-state index contributed by atoms with van der Waals surface area (Å²) < 4.78 is 3.90. The zero-order chi connectivity index (χ0) is 18.6. The molecule has 0 saturated carbocycles. The van der Waals surface area contributed by atoms with E-state index in [1.54, 1.807) is 6.20 Å². The van der Waals surface area contributed by atoms with Crippen molar-refractivity contribution in [2.24, 2.45) is 5.92 Å². The molecular formula is C20H22N6O. The van der Waals surface area contributed by atoms with Crippen molar-refractivity contribution in [3.05, 3.63) is 47.9 Å². The number of hydrogen-bond donors (Lipinski definition) is 1. The topological polar surface area (TPSA) is 82.9 Å². The van der Waals surface area contributed by atoms with Crippen molar-refractivity contribution in [2.75, 3.05) is 6.54 Å². The van der Waals surface area contributed by atoms with Gasteiger partial charge in [0.25, 0.3) is 0 Å². The van der Waals surface area contributed by atoms with E-state index in [0.29, 0.717) is 6.42 Å². The van der Waals surface area contributed by atoms with Gasteiger partial charge in [0.05, 0.1) is 17.8 Å². The molecule has 0 aliphatic carbocycles. The third kappa shape index (κ3) is 2.37. The fraction of sp³-hybridized carbons (Fsp3) is 0.450. The fourth-order valence-electron chi connectivity index (χ4n) is 5.14. The average Bonchev–Trinajstić information content (AvgIpc) is 3.30. The number of fused-ring (bicyclic) bond motifs is 3. The molecule has 3 unspecified atom stereocenters. The molecule has 3 atom stereocenters. The Hall–Kier alpha value is -2.85. The summed E-state index contributed by atoms with van der Waals surface area (Å²) >= 11 is 0. The maximum atomic E-state index is 11.4. The Kier molecular flexibility index (Phi) is 3.52. The van der Waals surface area contributed by atoms with Crippen LogP contribution in [0.25, 0.3) is 10.9 Å². The van der Waals surface area contributed by atoms with Crippen molar-refractivity contribution in [3.63, 3.8) is 0 Å². The van der Waals surface area contributed by atoms with E-state index in [1.807, 2.05) is 34.8 Å². The molecule has 2 aliphatic rings. The van der Waals surface area contributed by atoms with E-state index in [9.17, 15) is 10.4 Å². The highest BCUT2D eigenvalue weighted by Crippen LogP contribution is 2.50. The average molecular weight is 362 g/mol. The molecule has 5 rings (SSSR count). The molecule has 1 N–H and O–H groups in total. The van der Waals surface area contributed by atoms with Crippen molar-refractivity contribution in [1.29, 1.82) is 5.26 Å². The number of hydrogen-bond acceptors (Lipinski definition) is 5. The van der Waals surface area contributed by atoms with Gasteiger partial charge in [0.15, 0.2) is 6.19 Å². The Labute approximate surface area is 157 Å². The first kappa shape index (κ1) is 16.3. The summed E-state index contributed by atoms with van der Waals surface area (Å²) in [5.41, 5.74) is 2.48. The van der Waals surface area contributed by atoms with Crippen molar-refractivity contribution < 1.29 is 5.11 Å². The molecule has 0 saturated heterocycles. The van der Waals surface area contributed by atoms with Crippen LogP contribution in [-0.4, -0.2) is 36.1 Å². The summed E-state index contributed by atoms with van der Waals surface area (Å²) in [6.07, 6.45) is 8.21. The van der Waals surface area contributed by atoms with Gasteiger partial charge in [-0.2, -0.15) is 5.26 Å². The first-order valence-electron chi connectivity index (χ1n) is 9.45. The van der Waals surface area contributed by atoms with Crippen LogP contribution in [0.2, 0.25) is 0 Å². The van der Waals surface area contributed by atoms with E-state index in [2.05, 4.69) is 33.2 Å². The highest BCUT2D eigenvalue weighted by molar-refractivity contribution is 5.86. The molecule has 0 fully saturated rings. The Balaban J connectivity index is 1.65. The maximum Gasteiger partial charge on any atom is 0.179 e. The molecule has 1 aromatic carbocycles. The monoisotopic (exact) mass is 362 g/mol. The molecule has 0 spiro atoms. The second kappa shape index (κ2) is 5.83. The number of benzene rings is 1. The summed E-state index contributed by atoms with van der Waals surface area (Å²) in [5.74, 6) is 0.166. The van der Waals surface area contributed by atoms with E-state index in [-0.39, 0.29) is 12.0 Å². The number of nitrogens with zero attached hydrogens (tertiary/aromatic N) is 6. The second-order valence-electron chi connectivity index (χ2n) is 7.84. The van der Waals surface area contributed by atoms with Crippen LogP contribution in [0.5, 0.6) is 0 Å². The lowest BCUT2D eigenvalue weighted by Crippen LogP contribution is -2.47. The lowest BCUT2D eigenvalue weighted by molar-refractivity contribution is -0.0742. The van der Waals surface area contributed by atoms with E-state index < -0.39 is 5.72 Å². The minimum absolute atomic E-state index is 0.00473. The third-order valence-electron chi connectivity index (χ3n) is 6.15. The van der Waals surface area contributed by atoms with Gasteiger partial charge in [-0.05, 0) is 37.3 Å². The Bertz CT molecular complexity index is 1030. The van der Waals surface area contributed by atoms with Gasteiger partial charge >= 0.3 is 0 Å². The molecule has 138 valence electrons. The molecule has 3 aromatic rings. The van der Waals surface area contributed by atoms with Crippen LogP contribution in [0.1, 0.15) is 37.1 Å². The van der Waals surface area contributed by atoms with Gasteiger partial charge in [-0.3, -0.25) is 4.68 Å². The zero-order valence-electron chi connectivity index (χ0n) is 15.3. The minimum atomic E-state index is -0.977. The molecule has 27 heavy (non-hydrogen) atoms. The molecule has 0 amide bonds. The summed E-state index contributed by atoms with van der Waals surface area (Å²) in [7, 11) is 0. The van der Waals surface area contributed by atoms with Gasteiger partial charge in [-0.1, -0.05) is 23.4 Å². The van der Waals surface area contributed by atoms with E-state index in [1.165, 1.54) is 10.9 Å². The second-order valence-corrected chi connectivity index (χ2v) is 7.84. The van der Waals surface area contributed by atoms with Crippen LogP contribution < -0.4 is 0 Å². The maximum absolute atomic E-state index is 11.4. The SMILES string of the molecule is CC1(O)CC(CCn2ccnn2)C2c3c(c4ccccc4n31)CCN2C#N. The van der Waals surface area contributed by atoms with Crippen LogP contribution in [0.4, 0.5) is 0 Å². The molecule has 2 aliphatic heterocycles. The van der Waals surface area contributed by atoms with Crippen molar-refractivity contribution in [1.82, 2.24) is 24.5 Å². The number of aromatic nitrogens is 4. The van der Waals surface area contributed by atoms with Crippen LogP contribution in [0.3, 0.4) is 0 Å². The standard InChI is InChI=1S/C20H22N6O/c1-20(27)12-14(6-10-25-11-8-22-23-25)18-19-16(7-9-24(18)13-21)15-4-2-3-5-17(15)26(19)20/h2-5,8,11,14,18,27H,6-7,9-10,12H2,1H3. The summed E-state index contributed by atoms with van der Waals surface area (Å²) in [4.78, 5) is 1.90. The molecule has 2 aromatic heterocycles. The first-order valence-corrected chi connectivity index (χ1v) is 9.45. The fourth-order valence-corrected chi connectivity index (χ4v) is 5.14. The summed E-state index contributed by atoms with van der Waals surface area (Å²) in [6.45, 7) is 3.35. The Morgan fingerprint density at radius 1 is 1.37 bits per heavy atom. The zero-order valence-corrected chi connectivity index (χ0v) is 15.3. The van der Waals surface area contributed by atoms with Gasteiger partial charge in [0, 0.05) is 36.8 Å². The minimum Gasteiger partial charge on any atom is -0.371 e. The van der Waals surface area contributed by atoms with Crippen molar-refractivity contribution in [2.45, 2.75) is 44.5 Å². The van der Waals surface area contributed by atoms with Crippen LogP contribution in [0.15, 0.2) is 36.7 Å². The predicted molar refractivity (Wildman–Crippen MR) is 99.3 cm³/mol. The molecule has 0 bridgehead atoms. The van der Waals surface area contributed by atoms with Crippen LogP contribution in [-0.2, 0) is 18.7 Å².